The molecule has 0 aliphatic rings. The van der Waals surface area contributed by atoms with Crippen LogP contribution in [0.2, 0.25) is 0 Å². The van der Waals surface area contributed by atoms with Gasteiger partial charge < -0.3 is 11.5 Å². The van der Waals surface area contributed by atoms with Crippen molar-refractivity contribution in [3.63, 3.8) is 0 Å². The van der Waals surface area contributed by atoms with Gasteiger partial charge in [0.05, 0.1) is 6.17 Å². The zero-order chi connectivity index (χ0) is 6.41. The second-order valence-electron chi connectivity index (χ2n) is 1.89. The first-order valence-corrected chi connectivity index (χ1v) is 2.93. The van der Waals surface area contributed by atoms with E-state index < -0.39 is 0 Å². The summed E-state index contributed by atoms with van der Waals surface area (Å²) in [6, 6.07) is 0. The maximum absolute atomic E-state index is 5.21. The van der Waals surface area contributed by atoms with E-state index in [1.54, 1.807) is 0 Å². The van der Waals surface area contributed by atoms with Crippen molar-refractivity contribution in [2.45, 2.75) is 25.7 Å². The van der Waals surface area contributed by atoms with Gasteiger partial charge in [0.1, 0.15) is 0 Å². The van der Waals surface area contributed by atoms with E-state index in [9.17, 15) is 0 Å². The summed E-state index contributed by atoms with van der Waals surface area (Å²) in [6.45, 7) is 3.69. The van der Waals surface area contributed by atoms with Crippen LogP contribution in [0, 0.1) is 13.1 Å². The van der Waals surface area contributed by atoms with Gasteiger partial charge in [-0.15, -0.1) is 0 Å². The Kier molecular flexibility index (Phi) is 5.01. The highest BCUT2D eigenvalue weighted by Gasteiger charge is 1.92. The summed E-state index contributed by atoms with van der Waals surface area (Å²) in [7, 11) is 0. The Morgan fingerprint density at radius 3 is 2.25 bits per heavy atom. The summed E-state index contributed by atoms with van der Waals surface area (Å²) in [5.41, 5.74) is 10.4. The minimum absolute atomic E-state index is 0.540. The molecule has 0 atom stereocenters. The highest BCUT2D eigenvalue weighted by molar-refractivity contribution is 4.71. The predicted molar refractivity (Wildman–Crippen MR) is 35.4 cm³/mol. The van der Waals surface area contributed by atoms with Crippen molar-refractivity contribution < 1.29 is 0 Å². The van der Waals surface area contributed by atoms with Gasteiger partial charge in [-0.3, -0.25) is 0 Å². The fourth-order valence-corrected chi connectivity index (χ4v) is 0.506. The van der Waals surface area contributed by atoms with E-state index in [-0.39, 0.29) is 0 Å². The van der Waals surface area contributed by atoms with E-state index in [0.717, 1.165) is 25.7 Å². The SMILES string of the molecule is [CH2]CCCC[C](N)N. The molecule has 0 aromatic heterocycles. The van der Waals surface area contributed by atoms with Crippen molar-refractivity contribution in [1.82, 2.24) is 0 Å². The number of hydrogen-bond donors (Lipinski definition) is 2. The van der Waals surface area contributed by atoms with Crippen molar-refractivity contribution in [1.29, 1.82) is 0 Å². The molecule has 2 nitrogen and oxygen atoms in total. The summed E-state index contributed by atoms with van der Waals surface area (Å²) >= 11 is 0. The molecule has 48 valence electrons. The first kappa shape index (κ1) is 7.92. The van der Waals surface area contributed by atoms with Crippen LogP contribution < -0.4 is 11.5 Å². The van der Waals surface area contributed by atoms with Crippen LogP contribution in [-0.2, 0) is 0 Å². The zero-order valence-electron chi connectivity index (χ0n) is 5.19. The number of unbranched alkanes of at least 4 members (excludes halogenated alkanes) is 2. The minimum Gasteiger partial charge on any atom is -0.311 e. The molecular weight excluding hydrogens is 100 g/mol. The third-order valence-corrected chi connectivity index (χ3v) is 0.965. The second kappa shape index (κ2) is 5.06. The molecule has 0 rings (SSSR count). The highest BCUT2D eigenvalue weighted by Crippen LogP contribution is 2.00. The average Bonchev–Trinajstić information content (AvgIpc) is 1.66. The van der Waals surface area contributed by atoms with Crippen LogP contribution >= 0.6 is 0 Å². The van der Waals surface area contributed by atoms with Gasteiger partial charge in [-0.05, 0) is 6.42 Å². The lowest BCUT2D eigenvalue weighted by molar-refractivity contribution is 0.677. The molecule has 2 heteroatoms. The van der Waals surface area contributed by atoms with Crippen molar-refractivity contribution >= 4 is 0 Å². The Balaban J connectivity index is 2.72. The van der Waals surface area contributed by atoms with E-state index in [2.05, 4.69) is 6.92 Å². The Morgan fingerprint density at radius 1 is 1.25 bits per heavy atom. The van der Waals surface area contributed by atoms with Crippen LogP contribution in [0.25, 0.3) is 0 Å². The van der Waals surface area contributed by atoms with Crippen molar-refractivity contribution in [3.8, 4) is 0 Å². The fourth-order valence-electron chi connectivity index (χ4n) is 0.506. The van der Waals surface area contributed by atoms with Gasteiger partial charge in [-0.2, -0.15) is 0 Å². The molecular formula is C6H14N2. The fraction of sp³-hybridized carbons (Fsp3) is 0.667. The number of hydrogen-bond acceptors (Lipinski definition) is 2. The average molecular weight is 114 g/mol. The smallest absolute Gasteiger partial charge is 0.0955 e. The highest BCUT2D eigenvalue weighted by atomic mass is 14.8. The van der Waals surface area contributed by atoms with Gasteiger partial charge in [0.25, 0.3) is 0 Å². The van der Waals surface area contributed by atoms with Crippen molar-refractivity contribution in [3.05, 3.63) is 13.1 Å². The summed E-state index contributed by atoms with van der Waals surface area (Å²) in [4.78, 5) is 0. The molecule has 0 aliphatic carbocycles. The lowest BCUT2D eigenvalue weighted by Crippen LogP contribution is -2.19. The van der Waals surface area contributed by atoms with Crippen LogP contribution in [-0.4, -0.2) is 0 Å². The Bertz CT molecular complexity index is 43.8. The summed E-state index contributed by atoms with van der Waals surface area (Å²) in [5, 5.41) is 0. The summed E-state index contributed by atoms with van der Waals surface area (Å²) < 4.78 is 0. The third-order valence-electron chi connectivity index (χ3n) is 0.965. The second-order valence-corrected chi connectivity index (χ2v) is 1.89. The number of rotatable bonds is 4. The lowest BCUT2D eigenvalue weighted by Gasteiger charge is -2.00. The van der Waals surface area contributed by atoms with Gasteiger partial charge in [0, 0.05) is 0 Å². The minimum atomic E-state index is 0.540. The largest absolute Gasteiger partial charge is 0.311 e. The molecule has 0 aromatic carbocycles. The molecule has 0 aliphatic heterocycles. The van der Waals surface area contributed by atoms with Crippen molar-refractivity contribution in [2.24, 2.45) is 11.5 Å². The van der Waals surface area contributed by atoms with E-state index in [0.29, 0.717) is 6.17 Å². The Morgan fingerprint density at radius 2 is 1.88 bits per heavy atom. The standard InChI is InChI=1S/C6H14N2/c1-2-3-4-5-6(7)8/h1-5,7-8H2. The van der Waals surface area contributed by atoms with Gasteiger partial charge in [0.2, 0.25) is 0 Å². The maximum atomic E-state index is 5.21. The molecule has 0 saturated carbocycles. The third kappa shape index (κ3) is 5.92. The van der Waals surface area contributed by atoms with Crippen LogP contribution in [0.1, 0.15) is 25.7 Å². The van der Waals surface area contributed by atoms with Crippen LogP contribution in [0.5, 0.6) is 0 Å². The summed E-state index contributed by atoms with van der Waals surface area (Å²) in [6.07, 6.45) is 4.56. The van der Waals surface area contributed by atoms with E-state index >= 15 is 0 Å². The first-order chi connectivity index (χ1) is 3.77. The first-order valence-electron chi connectivity index (χ1n) is 2.93. The summed E-state index contributed by atoms with van der Waals surface area (Å²) in [5.74, 6) is 0. The van der Waals surface area contributed by atoms with Gasteiger partial charge in [-0.1, -0.05) is 26.2 Å². The van der Waals surface area contributed by atoms with E-state index in [1.807, 2.05) is 0 Å². The quantitative estimate of drug-likeness (QED) is 0.531. The normalized spacial score (nSPS) is 10.5. The molecule has 4 N–H and O–H groups in total. The molecule has 0 unspecified atom stereocenters. The topological polar surface area (TPSA) is 52.0 Å². The Hall–Kier alpha value is -0.0800. The Labute approximate surface area is 51.2 Å². The molecule has 0 spiro atoms. The van der Waals surface area contributed by atoms with Crippen LogP contribution in [0.15, 0.2) is 0 Å². The molecule has 0 bridgehead atoms. The van der Waals surface area contributed by atoms with Crippen LogP contribution in [0.4, 0.5) is 0 Å². The molecule has 0 heterocycles. The maximum Gasteiger partial charge on any atom is 0.0955 e. The van der Waals surface area contributed by atoms with E-state index in [4.69, 9.17) is 11.5 Å². The predicted octanol–water partition coefficient (Wildman–Crippen LogP) is 0.788. The van der Waals surface area contributed by atoms with Gasteiger partial charge >= 0.3 is 0 Å². The van der Waals surface area contributed by atoms with E-state index in [1.165, 1.54) is 0 Å². The molecule has 0 aromatic rings. The zero-order valence-corrected chi connectivity index (χ0v) is 5.19. The molecule has 8 heavy (non-hydrogen) atoms. The monoisotopic (exact) mass is 114 g/mol. The molecule has 0 saturated heterocycles. The van der Waals surface area contributed by atoms with Gasteiger partial charge in [0.15, 0.2) is 0 Å². The van der Waals surface area contributed by atoms with Crippen LogP contribution in [0.3, 0.4) is 0 Å². The molecule has 0 fully saturated rings. The molecule has 0 amide bonds. The number of nitrogens with two attached hydrogens (primary N) is 2. The molecule has 2 radical (unpaired) electrons. The van der Waals surface area contributed by atoms with Crippen molar-refractivity contribution in [2.75, 3.05) is 0 Å². The lowest BCUT2D eigenvalue weighted by atomic mass is 10.2. The van der Waals surface area contributed by atoms with Gasteiger partial charge in [-0.25, -0.2) is 0 Å².